The van der Waals surface area contributed by atoms with Crippen molar-refractivity contribution < 1.29 is 9.84 Å². The SMILES string of the molecule is CCC(C)C(O)Cc1cc(OC)c(Cl)cc1N. The molecule has 0 aliphatic carbocycles. The molecule has 3 nitrogen and oxygen atoms in total. The molecule has 0 amide bonds. The number of methoxy groups -OCH3 is 1. The first-order valence-electron chi connectivity index (χ1n) is 5.79. The number of nitrogen functional groups attached to an aromatic ring is 1. The molecule has 0 heterocycles. The summed E-state index contributed by atoms with van der Waals surface area (Å²) >= 11 is 5.96. The van der Waals surface area contributed by atoms with Crippen molar-refractivity contribution in [3.8, 4) is 5.75 Å². The Morgan fingerprint density at radius 3 is 2.65 bits per heavy atom. The highest BCUT2D eigenvalue weighted by atomic mass is 35.5. The second kappa shape index (κ2) is 6.12. The Morgan fingerprint density at radius 2 is 2.12 bits per heavy atom. The van der Waals surface area contributed by atoms with Crippen LogP contribution in [0.15, 0.2) is 12.1 Å². The average Bonchev–Trinajstić information content (AvgIpc) is 2.31. The highest BCUT2D eigenvalue weighted by Gasteiger charge is 2.16. The number of aliphatic hydroxyl groups excluding tert-OH is 1. The standard InChI is InChI=1S/C13H20ClNO2/c1-4-8(2)12(16)5-9-6-13(17-3)10(14)7-11(9)15/h6-8,12,16H,4-5,15H2,1-3H3. The molecule has 0 radical (unpaired) electrons. The molecular weight excluding hydrogens is 238 g/mol. The Balaban J connectivity index is 2.91. The van der Waals surface area contributed by atoms with Gasteiger partial charge in [0, 0.05) is 12.1 Å². The minimum Gasteiger partial charge on any atom is -0.495 e. The van der Waals surface area contributed by atoms with Gasteiger partial charge in [-0.1, -0.05) is 31.9 Å². The molecule has 17 heavy (non-hydrogen) atoms. The first-order chi connectivity index (χ1) is 7.99. The Bertz CT molecular complexity index is 382. The second-order valence-corrected chi connectivity index (χ2v) is 4.75. The van der Waals surface area contributed by atoms with Crippen LogP contribution < -0.4 is 10.5 Å². The molecule has 0 bridgehead atoms. The lowest BCUT2D eigenvalue weighted by Gasteiger charge is -2.18. The quantitative estimate of drug-likeness (QED) is 0.798. The van der Waals surface area contributed by atoms with E-state index >= 15 is 0 Å². The zero-order valence-electron chi connectivity index (χ0n) is 10.5. The Kier molecular flexibility index (Phi) is 5.09. The molecule has 0 saturated carbocycles. The van der Waals surface area contributed by atoms with Crippen LogP contribution in [0.3, 0.4) is 0 Å². The summed E-state index contributed by atoms with van der Waals surface area (Å²) < 4.78 is 5.14. The van der Waals surface area contributed by atoms with Gasteiger partial charge in [-0.3, -0.25) is 0 Å². The molecule has 0 aliphatic heterocycles. The first kappa shape index (κ1) is 14.1. The van der Waals surface area contributed by atoms with E-state index in [0.717, 1.165) is 12.0 Å². The third-order valence-electron chi connectivity index (χ3n) is 3.14. The van der Waals surface area contributed by atoms with Gasteiger partial charge in [0.2, 0.25) is 0 Å². The number of anilines is 1. The molecule has 3 N–H and O–H groups in total. The van der Waals surface area contributed by atoms with Crippen LogP contribution in [0.5, 0.6) is 5.75 Å². The van der Waals surface area contributed by atoms with Gasteiger partial charge in [-0.05, 0) is 23.6 Å². The van der Waals surface area contributed by atoms with Gasteiger partial charge < -0.3 is 15.6 Å². The van der Waals surface area contributed by atoms with E-state index in [1.165, 1.54) is 0 Å². The van der Waals surface area contributed by atoms with Crippen LogP contribution in [0, 0.1) is 5.92 Å². The van der Waals surface area contributed by atoms with E-state index in [-0.39, 0.29) is 5.92 Å². The van der Waals surface area contributed by atoms with Gasteiger partial charge in [-0.15, -0.1) is 0 Å². The molecule has 0 aromatic heterocycles. The molecule has 0 spiro atoms. The van der Waals surface area contributed by atoms with Crippen molar-refractivity contribution in [2.75, 3.05) is 12.8 Å². The fourth-order valence-corrected chi connectivity index (χ4v) is 1.89. The van der Waals surface area contributed by atoms with Crippen LogP contribution in [0.4, 0.5) is 5.69 Å². The summed E-state index contributed by atoms with van der Waals surface area (Å²) in [5.41, 5.74) is 7.35. The molecule has 96 valence electrons. The average molecular weight is 258 g/mol. The molecule has 1 aromatic rings. The molecule has 0 fully saturated rings. The molecule has 2 atom stereocenters. The minimum atomic E-state index is -0.395. The van der Waals surface area contributed by atoms with Crippen molar-refractivity contribution in [3.05, 3.63) is 22.7 Å². The lowest BCUT2D eigenvalue weighted by molar-refractivity contribution is 0.115. The number of ether oxygens (including phenoxy) is 1. The molecule has 1 aromatic carbocycles. The van der Waals surface area contributed by atoms with E-state index < -0.39 is 6.10 Å². The maximum absolute atomic E-state index is 10.00. The predicted octanol–water partition coefficient (Wildman–Crippen LogP) is 2.88. The van der Waals surface area contributed by atoms with Crippen molar-refractivity contribution in [2.24, 2.45) is 5.92 Å². The van der Waals surface area contributed by atoms with Crippen molar-refractivity contribution in [1.29, 1.82) is 0 Å². The fourth-order valence-electron chi connectivity index (χ4n) is 1.64. The topological polar surface area (TPSA) is 55.5 Å². The van der Waals surface area contributed by atoms with Crippen molar-refractivity contribution >= 4 is 17.3 Å². The third kappa shape index (κ3) is 3.51. The Labute approximate surface area is 108 Å². The van der Waals surface area contributed by atoms with Crippen LogP contribution >= 0.6 is 11.6 Å². The molecule has 0 saturated heterocycles. The van der Waals surface area contributed by atoms with Gasteiger partial charge in [0.05, 0.1) is 18.2 Å². The number of halogens is 1. The van der Waals surface area contributed by atoms with Crippen LogP contribution in [0.2, 0.25) is 5.02 Å². The van der Waals surface area contributed by atoms with E-state index in [2.05, 4.69) is 6.92 Å². The van der Waals surface area contributed by atoms with Gasteiger partial charge in [0.15, 0.2) is 0 Å². The maximum Gasteiger partial charge on any atom is 0.137 e. The molecule has 2 unspecified atom stereocenters. The summed E-state index contributed by atoms with van der Waals surface area (Å²) in [5.74, 6) is 0.836. The normalized spacial score (nSPS) is 14.4. The summed E-state index contributed by atoms with van der Waals surface area (Å²) in [6.07, 6.45) is 1.06. The summed E-state index contributed by atoms with van der Waals surface area (Å²) in [6, 6.07) is 3.46. The number of hydrogen-bond donors (Lipinski definition) is 2. The highest BCUT2D eigenvalue weighted by molar-refractivity contribution is 6.32. The molecule has 0 aliphatic rings. The van der Waals surface area contributed by atoms with Crippen LogP contribution in [-0.2, 0) is 6.42 Å². The summed E-state index contributed by atoms with van der Waals surface area (Å²) in [5, 5.41) is 10.5. The number of aliphatic hydroxyl groups is 1. The van der Waals surface area contributed by atoms with Crippen molar-refractivity contribution in [3.63, 3.8) is 0 Å². The predicted molar refractivity (Wildman–Crippen MR) is 71.6 cm³/mol. The molecular formula is C13H20ClNO2. The van der Waals surface area contributed by atoms with E-state index in [0.29, 0.717) is 22.9 Å². The third-order valence-corrected chi connectivity index (χ3v) is 3.44. The van der Waals surface area contributed by atoms with Gasteiger partial charge in [-0.2, -0.15) is 0 Å². The Hall–Kier alpha value is -0.930. The monoisotopic (exact) mass is 257 g/mol. The lowest BCUT2D eigenvalue weighted by atomic mass is 9.95. The maximum atomic E-state index is 10.00. The largest absolute Gasteiger partial charge is 0.495 e. The number of nitrogens with two attached hydrogens (primary N) is 1. The lowest BCUT2D eigenvalue weighted by Crippen LogP contribution is -2.20. The smallest absolute Gasteiger partial charge is 0.137 e. The van der Waals surface area contributed by atoms with E-state index in [9.17, 15) is 5.11 Å². The molecule has 1 rings (SSSR count). The first-order valence-corrected chi connectivity index (χ1v) is 6.17. The number of rotatable bonds is 5. The van der Waals surface area contributed by atoms with Gasteiger partial charge in [0.25, 0.3) is 0 Å². The van der Waals surface area contributed by atoms with Gasteiger partial charge in [0.1, 0.15) is 5.75 Å². The zero-order chi connectivity index (χ0) is 13.0. The zero-order valence-corrected chi connectivity index (χ0v) is 11.3. The second-order valence-electron chi connectivity index (χ2n) is 4.34. The van der Waals surface area contributed by atoms with E-state index in [1.54, 1.807) is 19.2 Å². The number of hydrogen-bond acceptors (Lipinski definition) is 3. The summed E-state index contributed by atoms with van der Waals surface area (Å²) in [4.78, 5) is 0. The molecule has 4 heteroatoms. The number of benzene rings is 1. The summed E-state index contributed by atoms with van der Waals surface area (Å²) in [7, 11) is 1.56. The van der Waals surface area contributed by atoms with Crippen LogP contribution in [0.25, 0.3) is 0 Å². The summed E-state index contributed by atoms with van der Waals surface area (Å²) in [6.45, 7) is 4.08. The van der Waals surface area contributed by atoms with E-state index in [1.807, 2.05) is 6.92 Å². The van der Waals surface area contributed by atoms with Crippen LogP contribution in [0.1, 0.15) is 25.8 Å². The fraction of sp³-hybridized carbons (Fsp3) is 0.538. The van der Waals surface area contributed by atoms with Gasteiger partial charge >= 0.3 is 0 Å². The van der Waals surface area contributed by atoms with E-state index in [4.69, 9.17) is 22.1 Å². The minimum absolute atomic E-state index is 0.246. The highest BCUT2D eigenvalue weighted by Crippen LogP contribution is 2.30. The Morgan fingerprint density at radius 1 is 1.47 bits per heavy atom. The van der Waals surface area contributed by atoms with Crippen molar-refractivity contribution in [1.82, 2.24) is 0 Å². The van der Waals surface area contributed by atoms with Gasteiger partial charge in [-0.25, -0.2) is 0 Å². The van der Waals surface area contributed by atoms with Crippen LogP contribution in [-0.4, -0.2) is 18.3 Å². The van der Waals surface area contributed by atoms with Crippen molar-refractivity contribution in [2.45, 2.75) is 32.8 Å².